The van der Waals surface area contributed by atoms with Crippen molar-refractivity contribution in [2.45, 2.75) is 26.3 Å². The number of hydrogen-bond donors (Lipinski definition) is 3. The summed E-state index contributed by atoms with van der Waals surface area (Å²) in [7, 11) is 0. The van der Waals surface area contributed by atoms with Crippen LogP contribution in [0.2, 0.25) is 0 Å². The summed E-state index contributed by atoms with van der Waals surface area (Å²) in [5.74, 6) is 0. The number of nitrogens with one attached hydrogen (secondary N) is 3. The van der Waals surface area contributed by atoms with E-state index in [4.69, 9.17) is 0 Å². The lowest BCUT2D eigenvalue weighted by Crippen LogP contribution is -2.40. The Morgan fingerprint density at radius 3 is 2.62 bits per heavy atom. The minimum absolute atomic E-state index is 0.146. The predicted octanol–water partition coefficient (Wildman–Crippen LogP) is -0.170. The molecule has 0 rings (SSSR count). The zero-order valence-corrected chi connectivity index (χ0v) is 8.09. The Labute approximate surface area is 78.3 Å². The van der Waals surface area contributed by atoms with E-state index in [0.29, 0.717) is 19.5 Å². The molecule has 5 nitrogen and oxygen atoms in total. The van der Waals surface area contributed by atoms with Crippen molar-refractivity contribution >= 4 is 12.4 Å². The lowest BCUT2D eigenvalue weighted by atomic mass is 10.4. The van der Waals surface area contributed by atoms with Gasteiger partial charge in [0, 0.05) is 19.1 Å². The normalized spacial score (nSPS) is 9.46. The number of carbonyl (C=O) groups excluding carboxylic acids is 2. The lowest BCUT2D eigenvalue weighted by Gasteiger charge is -2.09. The van der Waals surface area contributed by atoms with Crippen molar-refractivity contribution in [2.75, 3.05) is 13.1 Å². The average molecular weight is 187 g/mol. The summed E-state index contributed by atoms with van der Waals surface area (Å²) in [5, 5.41) is 7.87. The van der Waals surface area contributed by atoms with Gasteiger partial charge < -0.3 is 16.0 Å². The maximum Gasteiger partial charge on any atom is 0.314 e. The van der Waals surface area contributed by atoms with Gasteiger partial charge in [0.15, 0.2) is 0 Å². The van der Waals surface area contributed by atoms with Gasteiger partial charge in [0.25, 0.3) is 0 Å². The van der Waals surface area contributed by atoms with E-state index in [9.17, 15) is 9.59 Å². The molecule has 0 atom stereocenters. The van der Waals surface area contributed by atoms with Crippen LogP contribution in [0.4, 0.5) is 4.79 Å². The molecule has 0 heterocycles. The number of amides is 3. The molecule has 5 heteroatoms. The number of carbonyl (C=O) groups is 2. The van der Waals surface area contributed by atoms with Crippen LogP contribution < -0.4 is 16.0 Å². The highest BCUT2D eigenvalue weighted by Crippen LogP contribution is 1.77. The second-order valence-corrected chi connectivity index (χ2v) is 2.98. The first-order valence-electron chi connectivity index (χ1n) is 4.38. The van der Waals surface area contributed by atoms with Gasteiger partial charge in [-0.1, -0.05) is 0 Å². The zero-order valence-electron chi connectivity index (χ0n) is 8.09. The Kier molecular flexibility index (Phi) is 6.68. The molecule has 0 aliphatic heterocycles. The van der Waals surface area contributed by atoms with Gasteiger partial charge in [-0.3, -0.25) is 4.79 Å². The summed E-state index contributed by atoms with van der Waals surface area (Å²) in [4.78, 5) is 20.8. The summed E-state index contributed by atoms with van der Waals surface area (Å²) in [6.07, 6.45) is 1.39. The Morgan fingerprint density at radius 2 is 2.08 bits per heavy atom. The van der Waals surface area contributed by atoms with Gasteiger partial charge in [-0.15, -0.1) is 0 Å². The van der Waals surface area contributed by atoms with Crippen molar-refractivity contribution in [2.24, 2.45) is 0 Å². The van der Waals surface area contributed by atoms with Crippen molar-refractivity contribution in [1.29, 1.82) is 0 Å². The first-order valence-corrected chi connectivity index (χ1v) is 4.38. The molecular weight excluding hydrogens is 170 g/mol. The van der Waals surface area contributed by atoms with Gasteiger partial charge in [-0.05, 0) is 20.3 Å². The van der Waals surface area contributed by atoms with Crippen LogP contribution in [-0.2, 0) is 4.79 Å². The van der Waals surface area contributed by atoms with Crippen LogP contribution in [0.3, 0.4) is 0 Å². The maximum atomic E-state index is 11.0. The molecule has 0 spiro atoms. The molecule has 0 aliphatic carbocycles. The number of hydrogen-bond acceptors (Lipinski definition) is 2. The second kappa shape index (κ2) is 7.39. The monoisotopic (exact) mass is 187 g/mol. The van der Waals surface area contributed by atoms with Gasteiger partial charge >= 0.3 is 6.03 Å². The van der Waals surface area contributed by atoms with Crippen LogP contribution in [0, 0.1) is 0 Å². The van der Waals surface area contributed by atoms with Gasteiger partial charge in [-0.2, -0.15) is 0 Å². The molecule has 76 valence electrons. The van der Waals surface area contributed by atoms with Crippen LogP contribution in [-0.4, -0.2) is 31.6 Å². The molecule has 0 aromatic carbocycles. The van der Waals surface area contributed by atoms with E-state index in [1.165, 1.54) is 0 Å². The van der Waals surface area contributed by atoms with Gasteiger partial charge in [0.1, 0.15) is 0 Å². The van der Waals surface area contributed by atoms with Crippen molar-refractivity contribution in [3.05, 3.63) is 0 Å². The van der Waals surface area contributed by atoms with Crippen LogP contribution in [0.15, 0.2) is 0 Å². The molecule has 13 heavy (non-hydrogen) atoms. The minimum atomic E-state index is -0.166. The van der Waals surface area contributed by atoms with E-state index in [-0.39, 0.29) is 12.1 Å². The number of urea groups is 1. The van der Waals surface area contributed by atoms with E-state index in [1.807, 2.05) is 13.8 Å². The zero-order chi connectivity index (χ0) is 10.1. The van der Waals surface area contributed by atoms with Crippen LogP contribution in [0.25, 0.3) is 0 Å². The molecule has 0 aromatic heterocycles. The summed E-state index contributed by atoms with van der Waals surface area (Å²) in [6, 6.07) is -0.0193. The Morgan fingerprint density at radius 1 is 1.38 bits per heavy atom. The molecule has 3 N–H and O–H groups in total. The van der Waals surface area contributed by atoms with E-state index >= 15 is 0 Å². The van der Waals surface area contributed by atoms with Crippen molar-refractivity contribution in [1.82, 2.24) is 16.0 Å². The van der Waals surface area contributed by atoms with E-state index in [1.54, 1.807) is 0 Å². The van der Waals surface area contributed by atoms with Crippen LogP contribution >= 0.6 is 0 Å². The molecule has 0 aromatic rings. The van der Waals surface area contributed by atoms with Crippen molar-refractivity contribution in [3.63, 3.8) is 0 Å². The third-order valence-corrected chi connectivity index (χ3v) is 1.29. The maximum absolute atomic E-state index is 11.0. The summed E-state index contributed by atoms with van der Waals surface area (Å²) in [6.45, 7) is 4.95. The van der Waals surface area contributed by atoms with E-state index in [2.05, 4.69) is 16.0 Å². The fourth-order valence-corrected chi connectivity index (χ4v) is 0.765. The van der Waals surface area contributed by atoms with Crippen LogP contribution in [0.5, 0.6) is 0 Å². The molecule has 0 saturated heterocycles. The number of rotatable bonds is 6. The first kappa shape index (κ1) is 11.7. The molecule has 3 amide bonds. The highest BCUT2D eigenvalue weighted by Gasteiger charge is 1.99. The summed E-state index contributed by atoms with van der Waals surface area (Å²) < 4.78 is 0. The molecule has 0 aliphatic rings. The minimum Gasteiger partial charge on any atom is -0.359 e. The largest absolute Gasteiger partial charge is 0.359 e. The van der Waals surface area contributed by atoms with Gasteiger partial charge in [-0.25, -0.2) is 4.79 Å². The van der Waals surface area contributed by atoms with E-state index < -0.39 is 0 Å². The SMILES string of the molecule is CC(C)NC(=O)NCCCNC=O. The second-order valence-electron chi connectivity index (χ2n) is 2.98. The quantitative estimate of drug-likeness (QED) is 0.399. The third kappa shape index (κ3) is 8.65. The first-order chi connectivity index (χ1) is 6.16. The standard InChI is InChI=1S/C8H17N3O2/c1-7(2)11-8(13)10-5-3-4-9-6-12/h6-7H,3-5H2,1-2H3,(H,9,12)(H2,10,11,13). The van der Waals surface area contributed by atoms with Gasteiger partial charge in [0.05, 0.1) is 0 Å². The Bertz CT molecular complexity index is 159. The highest BCUT2D eigenvalue weighted by molar-refractivity contribution is 5.73. The average Bonchev–Trinajstić information content (AvgIpc) is 2.02. The topological polar surface area (TPSA) is 70.2 Å². The van der Waals surface area contributed by atoms with E-state index in [0.717, 1.165) is 6.42 Å². The van der Waals surface area contributed by atoms with Crippen molar-refractivity contribution in [3.8, 4) is 0 Å². The lowest BCUT2D eigenvalue weighted by molar-refractivity contribution is -0.109. The summed E-state index contributed by atoms with van der Waals surface area (Å²) >= 11 is 0. The smallest absolute Gasteiger partial charge is 0.314 e. The van der Waals surface area contributed by atoms with Crippen LogP contribution in [0.1, 0.15) is 20.3 Å². The molecule has 0 fully saturated rings. The molecule has 0 radical (unpaired) electrons. The molecular formula is C8H17N3O2. The fraction of sp³-hybridized carbons (Fsp3) is 0.750. The molecule has 0 bridgehead atoms. The highest BCUT2D eigenvalue weighted by atomic mass is 16.2. The molecule has 0 unspecified atom stereocenters. The van der Waals surface area contributed by atoms with Crippen molar-refractivity contribution < 1.29 is 9.59 Å². The predicted molar refractivity (Wildman–Crippen MR) is 50.4 cm³/mol. The Hall–Kier alpha value is -1.26. The summed E-state index contributed by atoms with van der Waals surface area (Å²) in [5.41, 5.74) is 0. The fourth-order valence-electron chi connectivity index (χ4n) is 0.765. The molecule has 0 saturated carbocycles. The third-order valence-electron chi connectivity index (χ3n) is 1.29. The van der Waals surface area contributed by atoms with Gasteiger partial charge in [0.2, 0.25) is 6.41 Å². The Balaban J connectivity index is 3.22.